The number of carboxylic acids is 1. The van der Waals surface area contributed by atoms with Gasteiger partial charge in [0.15, 0.2) is 5.78 Å². The van der Waals surface area contributed by atoms with Gasteiger partial charge in [-0.3, -0.25) is 9.59 Å². The Kier molecular flexibility index (Phi) is 2.21. The first kappa shape index (κ1) is 7.72. The summed E-state index contributed by atoms with van der Waals surface area (Å²) >= 11 is 0. The molecule has 1 unspecified atom stereocenters. The Balaban J connectivity index is 2.59. The zero-order chi connectivity index (χ0) is 8.27. The van der Waals surface area contributed by atoms with Crippen molar-refractivity contribution in [3.63, 3.8) is 0 Å². The van der Waals surface area contributed by atoms with Crippen molar-refractivity contribution in [2.45, 2.75) is 6.42 Å². The van der Waals surface area contributed by atoms with Crippen LogP contribution >= 0.6 is 0 Å². The molecule has 0 fully saturated rings. The molecule has 0 aliphatic heterocycles. The van der Waals surface area contributed by atoms with E-state index in [1.54, 1.807) is 18.2 Å². The summed E-state index contributed by atoms with van der Waals surface area (Å²) in [5, 5.41) is 8.37. The van der Waals surface area contributed by atoms with Gasteiger partial charge in [-0.2, -0.15) is 0 Å². The van der Waals surface area contributed by atoms with Gasteiger partial charge >= 0.3 is 5.97 Å². The van der Waals surface area contributed by atoms with E-state index in [9.17, 15) is 9.59 Å². The minimum atomic E-state index is -0.941. The lowest BCUT2D eigenvalue weighted by molar-refractivity contribution is -0.139. The molecule has 1 aliphatic rings. The Morgan fingerprint density at radius 2 is 2.27 bits per heavy atom. The summed E-state index contributed by atoms with van der Waals surface area (Å²) in [6.07, 6.45) is 6.19. The molecule has 11 heavy (non-hydrogen) atoms. The predicted molar refractivity (Wildman–Crippen MR) is 39.0 cm³/mol. The van der Waals surface area contributed by atoms with Gasteiger partial charge < -0.3 is 5.11 Å². The molecule has 0 spiro atoms. The maximum absolute atomic E-state index is 10.9. The first-order valence-corrected chi connectivity index (χ1v) is 3.30. The molecule has 0 saturated heterocycles. The minimum absolute atomic E-state index is 0.111. The van der Waals surface area contributed by atoms with E-state index in [1.165, 1.54) is 6.08 Å². The Labute approximate surface area is 64.0 Å². The van der Waals surface area contributed by atoms with E-state index in [1.807, 2.05) is 0 Å². The Morgan fingerprint density at radius 1 is 1.55 bits per heavy atom. The lowest BCUT2D eigenvalue weighted by Crippen LogP contribution is -2.15. The summed E-state index contributed by atoms with van der Waals surface area (Å²) in [6, 6.07) is 0. The van der Waals surface area contributed by atoms with Gasteiger partial charge in [-0.25, -0.2) is 0 Å². The van der Waals surface area contributed by atoms with E-state index >= 15 is 0 Å². The molecule has 1 aliphatic carbocycles. The fraction of sp³-hybridized carbons (Fsp3) is 0.250. The topological polar surface area (TPSA) is 54.4 Å². The van der Waals surface area contributed by atoms with E-state index in [0.717, 1.165) is 0 Å². The standard InChI is InChI=1S/C8H8O3/c9-7-4-2-1-3-6(7)5-8(10)11/h1-4,6H,5H2,(H,10,11). The smallest absolute Gasteiger partial charge is 0.304 e. The molecule has 0 aromatic carbocycles. The first-order valence-electron chi connectivity index (χ1n) is 3.30. The van der Waals surface area contributed by atoms with Crippen LogP contribution in [0.1, 0.15) is 6.42 Å². The number of ketones is 1. The van der Waals surface area contributed by atoms with E-state index in [4.69, 9.17) is 5.11 Å². The molecule has 3 nitrogen and oxygen atoms in total. The van der Waals surface area contributed by atoms with Crippen molar-refractivity contribution in [1.82, 2.24) is 0 Å². The Bertz CT molecular complexity index is 238. The highest BCUT2D eigenvalue weighted by Crippen LogP contribution is 2.11. The minimum Gasteiger partial charge on any atom is -0.481 e. The van der Waals surface area contributed by atoms with Crippen LogP contribution in [0.5, 0.6) is 0 Å². The van der Waals surface area contributed by atoms with Gasteiger partial charge in [0.2, 0.25) is 0 Å². The highest BCUT2D eigenvalue weighted by Gasteiger charge is 2.17. The van der Waals surface area contributed by atoms with Gasteiger partial charge in [-0.05, 0) is 6.08 Å². The second kappa shape index (κ2) is 3.14. The van der Waals surface area contributed by atoms with Crippen LogP contribution in [0, 0.1) is 5.92 Å². The van der Waals surface area contributed by atoms with Gasteiger partial charge in [-0.1, -0.05) is 18.2 Å². The summed E-state index contributed by atoms with van der Waals surface area (Å²) in [5.41, 5.74) is 0. The molecule has 0 bridgehead atoms. The Hall–Kier alpha value is -1.38. The van der Waals surface area contributed by atoms with Crippen LogP contribution in [0.2, 0.25) is 0 Å². The largest absolute Gasteiger partial charge is 0.481 e. The lowest BCUT2D eigenvalue weighted by atomic mass is 9.96. The molecule has 1 atom stereocenters. The molecule has 0 radical (unpaired) electrons. The predicted octanol–water partition coefficient (Wildman–Crippen LogP) is 0.772. The number of allylic oxidation sites excluding steroid dienone is 4. The summed E-state index contributed by atoms with van der Waals surface area (Å²) in [5.74, 6) is -1.53. The van der Waals surface area contributed by atoms with Crippen molar-refractivity contribution in [3.8, 4) is 0 Å². The molecule has 0 saturated carbocycles. The molecule has 1 N–H and O–H groups in total. The summed E-state index contributed by atoms with van der Waals surface area (Å²) in [6.45, 7) is 0. The van der Waals surface area contributed by atoms with Crippen LogP contribution in [-0.2, 0) is 9.59 Å². The van der Waals surface area contributed by atoms with E-state index in [2.05, 4.69) is 0 Å². The summed E-state index contributed by atoms with van der Waals surface area (Å²) < 4.78 is 0. The average Bonchev–Trinajstić information content (AvgIpc) is 1.93. The third kappa shape index (κ3) is 2.04. The highest BCUT2D eigenvalue weighted by atomic mass is 16.4. The van der Waals surface area contributed by atoms with E-state index in [-0.39, 0.29) is 12.2 Å². The van der Waals surface area contributed by atoms with Crippen LogP contribution in [0.15, 0.2) is 24.3 Å². The van der Waals surface area contributed by atoms with Crippen LogP contribution in [0.25, 0.3) is 0 Å². The molecule has 0 amide bonds. The number of hydrogen-bond acceptors (Lipinski definition) is 2. The van der Waals surface area contributed by atoms with Crippen LogP contribution in [0.4, 0.5) is 0 Å². The van der Waals surface area contributed by atoms with Gasteiger partial charge in [0, 0.05) is 0 Å². The number of hydrogen-bond donors (Lipinski definition) is 1. The average molecular weight is 152 g/mol. The molecular formula is C8H8O3. The molecule has 0 aromatic rings. The van der Waals surface area contributed by atoms with Crippen molar-refractivity contribution in [1.29, 1.82) is 0 Å². The van der Waals surface area contributed by atoms with Crippen molar-refractivity contribution in [3.05, 3.63) is 24.3 Å². The van der Waals surface area contributed by atoms with Crippen LogP contribution < -0.4 is 0 Å². The van der Waals surface area contributed by atoms with Crippen molar-refractivity contribution >= 4 is 11.8 Å². The zero-order valence-electron chi connectivity index (χ0n) is 5.86. The van der Waals surface area contributed by atoms with Crippen LogP contribution in [-0.4, -0.2) is 16.9 Å². The van der Waals surface area contributed by atoms with E-state index in [0.29, 0.717) is 0 Å². The van der Waals surface area contributed by atoms with E-state index < -0.39 is 11.9 Å². The monoisotopic (exact) mass is 152 g/mol. The maximum atomic E-state index is 10.9. The van der Waals surface area contributed by atoms with Gasteiger partial charge in [0.25, 0.3) is 0 Å². The normalized spacial score (nSPS) is 22.2. The molecule has 58 valence electrons. The SMILES string of the molecule is O=C(O)CC1C=CC=CC1=O. The zero-order valence-corrected chi connectivity index (χ0v) is 5.86. The van der Waals surface area contributed by atoms with Gasteiger partial charge in [0.05, 0.1) is 12.3 Å². The molecular weight excluding hydrogens is 144 g/mol. The third-order valence-corrected chi connectivity index (χ3v) is 1.48. The number of carbonyl (C=O) groups excluding carboxylic acids is 1. The fourth-order valence-corrected chi connectivity index (χ4v) is 0.924. The first-order chi connectivity index (χ1) is 5.20. The Morgan fingerprint density at radius 3 is 2.82 bits per heavy atom. The number of rotatable bonds is 2. The molecule has 0 aromatic heterocycles. The van der Waals surface area contributed by atoms with Crippen molar-refractivity contribution < 1.29 is 14.7 Å². The van der Waals surface area contributed by atoms with Crippen LogP contribution in [0.3, 0.4) is 0 Å². The van der Waals surface area contributed by atoms with Crippen molar-refractivity contribution in [2.24, 2.45) is 5.92 Å². The second-order valence-corrected chi connectivity index (χ2v) is 2.35. The molecule has 1 rings (SSSR count). The highest BCUT2D eigenvalue weighted by molar-refractivity contribution is 5.96. The van der Waals surface area contributed by atoms with Gasteiger partial charge in [0.1, 0.15) is 0 Å². The summed E-state index contributed by atoms with van der Waals surface area (Å²) in [7, 11) is 0. The molecule has 3 heteroatoms. The quantitative estimate of drug-likeness (QED) is 0.635. The number of carboxylic acid groups (broad SMARTS) is 1. The van der Waals surface area contributed by atoms with Gasteiger partial charge in [-0.15, -0.1) is 0 Å². The lowest BCUT2D eigenvalue weighted by Gasteiger charge is -2.07. The third-order valence-electron chi connectivity index (χ3n) is 1.48. The molecule has 0 heterocycles. The summed E-state index contributed by atoms with van der Waals surface area (Å²) in [4.78, 5) is 21.1. The maximum Gasteiger partial charge on any atom is 0.304 e. The number of aliphatic carboxylic acids is 1. The fourth-order valence-electron chi connectivity index (χ4n) is 0.924. The second-order valence-electron chi connectivity index (χ2n) is 2.35. The number of carbonyl (C=O) groups is 2. The van der Waals surface area contributed by atoms with Crippen molar-refractivity contribution in [2.75, 3.05) is 0 Å².